The molecule has 2 rings (SSSR count). The zero-order valence-corrected chi connectivity index (χ0v) is 11.2. The van der Waals surface area contributed by atoms with Crippen molar-refractivity contribution < 1.29 is 0 Å². The number of aryl methyl sites for hydroxylation is 1. The first kappa shape index (κ1) is 12.8. The van der Waals surface area contributed by atoms with E-state index < -0.39 is 0 Å². The van der Waals surface area contributed by atoms with Crippen LogP contribution in [0.25, 0.3) is 0 Å². The highest BCUT2D eigenvalue weighted by Crippen LogP contribution is 2.16. The van der Waals surface area contributed by atoms with E-state index in [-0.39, 0.29) is 6.04 Å². The summed E-state index contributed by atoms with van der Waals surface area (Å²) >= 11 is 0. The molecule has 0 aliphatic heterocycles. The van der Waals surface area contributed by atoms with E-state index in [2.05, 4.69) is 17.0 Å². The van der Waals surface area contributed by atoms with Crippen LogP contribution in [-0.4, -0.2) is 20.8 Å². The Morgan fingerprint density at radius 1 is 1.28 bits per heavy atom. The maximum Gasteiger partial charge on any atom is 0.0663 e. The lowest BCUT2D eigenvalue weighted by Crippen LogP contribution is -2.18. The van der Waals surface area contributed by atoms with Gasteiger partial charge in [0.15, 0.2) is 0 Å². The summed E-state index contributed by atoms with van der Waals surface area (Å²) in [5.41, 5.74) is 10.7. The lowest BCUT2D eigenvalue weighted by Gasteiger charge is -2.07. The average molecular weight is 244 g/mol. The van der Waals surface area contributed by atoms with Crippen molar-refractivity contribution in [3.8, 4) is 0 Å². The van der Waals surface area contributed by atoms with E-state index in [0.717, 1.165) is 18.7 Å². The molecule has 1 atom stereocenters. The first-order valence-electron chi connectivity index (χ1n) is 6.25. The third-order valence-corrected chi connectivity index (χ3v) is 3.14. The van der Waals surface area contributed by atoms with Crippen molar-refractivity contribution in [1.82, 2.24) is 14.8 Å². The minimum Gasteiger partial charge on any atom is -0.328 e. The molecule has 2 aromatic heterocycles. The summed E-state index contributed by atoms with van der Waals surface area (Å²) in [4.78, 5) is 4.03. The van der Waals surface area contributed by atoms with Gasteiger partial charge in [-0.05, 0) is 50.5 Å². The van der Waals surface area contributed by atoms with E-state index in [1.54, 1.807) is 0 Å². The summed E-state index contributed by atoms with van der Waals surface area (Å²) in [5, 5.41) is 4.60. The van der Waals surface area contributed by atoms with Crippen LogP contribution >= 0.6 is 0 Å². The molecule has 4 nitrogen and oxygen atoms in total. The number of aromatic nitrogens is 3. The second kappa shape index (κ2) is 5.31. The number of nitrogens with two attached hydrogens (primary N) is 1. The molecule has 0 aliphatic carbocycles. The van der Waals surface area contributed by atoms with Crippen LogP contribution in [0.2, 0.25) is 0 Å². The van der Waals surface area contributed by atoms with Crippen LogP contribution in [0.4, 0.5) is 0 Å². The van der Waals surface area contributed by atoms with Gasteiger partial charge in [-0.25, -0.2) is 0 Å². The van der Waals surface area contributed by atoms with Gasteiger partial charge in [0.2, 0.25) is 0 Å². The number of hydrogen-bond acceptors (Lipinski definition) is 3. The second-order valence-corrected chi connectivity index (χ2v) is 4.84. The van der Waals surface area contributed by atoms with Crippen molar-refractivity contribution in [2.45, 2.75) is 39.8 Å². The van der Waals surface area contributed by atoms with Gasteiger partial charge in [-0.2, -0.15) is 5.10 Å². The molecule has 0 aromatic carbocycles. The summed E-state index contributed by atoms with van der Waals surface area (Å²) in [5.74, 6) is 0. The molecule has 18 heavy (non-hydrogen) atoms. The molecule has 2 N–H and O–H groups in total. The fourth-order valence-corrected chi connectivity index (χ4v) is 2.17. The predicted molar refractivity (Wildman–Crippen MR) is 72.4 cm³/mol. The molecule has 0 saturated heterocycles. The number of pyridine rings is 1. The van der Waals surface area contributed by atoms with Gasteiger partial charge in [0, 0.05) is 24.1 Å². The Bertz CT molecular complexity index is 514. The van der Waals surface area contributed by atoms with Crippen molar-refractivity contribution in [1.29, 1.82) is 0 Å². The number of hydrogen-bond donors (Lipinski definition) is 1. The fourth-order valence-electron chi connectivity index (χ4n) is 2.17. The van der Waals surface area contributed by atoms with E-state index in [0.29, 0.717) is 0 Å². The average Bonchev–Trinajstić information content (AvgIpc) is 2.58. The lowest BCUT2D eigenvalue weighted by molar-refractivity contribution is 0.655. The summed E-state index contributed by atoms with van der Waals surface area (Å²) in [6.07, 6.45) is 4.50. The molecular formula is C14H20N4. The van der Waals surface area contributed by atoms with Crippen molar-refractivity contribution in [2.75, 3.05) is 0 Å². The highest BCUT2D eigenvalue weighted by molar-refractivity contribution is 5.26. The van der Waals surface area contributed by atoms with E-state index >= 15 is 0 Å². The largest absolute Gasteiger partial charge is 0.328 e. The number of nitrogens with zero attached hydrogens (tertiary/aromatic N) is 3. The first-order valence-corrected chi connectivity index (χ1v) is 6.25. The summed E-state index contributed by atoms with van der Waals surface area (Å²) < 4.78 is 2.04. The highest BCUT2D eigenvalue weighted by atomic mass is 15.3. The van der Waals surface area contributed by atoms with Crippen LogP contribution in [0.5, 0.6) is 0 Å². The molecule has 0 bridgehead atoms. The number of rotatable bonds is 4. The van der Waals surface area contributed by atoms with Crippen molar-refractivity contribution in [2.24, 2.45) is 5.73 Å². The van der Waals surface area contributed by atoms with E-state index in [1.807, 2.05) is 43.1 Å². The van der Waals surface area contributed by atoms with Crippen LogP contribution in [-0.2, 0) is 13.0 Å². The Balaban J connectivity index is 2.25. The van der Waals surface area contributed by atoms with E-state index in [4.69, 9.17) is 5.73 Å². The smallest absolute Gasteiger partial charge is 0.0663 e. The van der Waals surface area contributed by atoms with Gasteiger partial charge >= 0.3 is 0 Å². The molecule has 0 aliphatic rings. The van der Waals surface area contributed by atoms with Crippen LogP contribution in [0.1, 0.15) is 29.4 Å². The second-order valence-electron chi connectivity index (χ2n) is 4.84. The molecular weight excluding hydrogens is 224 g/mol. The topological polar surface area (TPSA) is 56.7 Å². The SMILES string of the molecule is Cc1nn(Cc2ccncc2)c(C)c1CC(C)N. The van der Waals surface area contributed by atoms with Crippen LogP contribution in [0.15, 0.2) is 24.5 Å². The monoisotopic (exact) mass is 244 g/mol. The molecule has 1 unspecified atom stereocenters. The van der Waals surface area contributed by atoms with E-state index in [1.165, 1.54) is 16.8 Å². The van der Waals surface area contributed by atoms with E-state index in [9.17, 15) is 0 Å². The molecule has 4 heteroatoms. The Hall–Kier alpha value is -1.68. The normalized spacial score (nSPS) is 12.7. The first-order chi connectivity index (χ1) is 8.58. The van der Waals surface area contributed by atoms with Gasteiger partial charge in [0.25, 0.3) is 0 Å². The molecule has 0 radical (unpaired) electrons. The third kappa shape index (κ3) is 2.76. The Kier molecular flexibility index (Phi) is 3.77. The summed E-state index contributed by atoms with van der Waals surface area (Å²) in [6.45, 7) is 6.97. The summed E-state index contributed by atoms with van der Waals surface area (Å²) in [6, 6.07) is 4.20. The van der Waals surface area contributed by atoms with Gasteiger partial charge in [-0.15, -0.1) is 0 Å². The van der Waals surface area contributed by atoms with Gasteiger partial charge in [0.1, 0.15) is 0 Å². The van der Waals surface area contributed by atoms with Gasteiger partial charge in [-0.3, -0.25) is 9.67 Å². The minimum atomic E-state index is 0.168. The molecule has 2 heterocycles. The molecule has 0 saturated carbocycles. The quantitative estimate of drug-likeness (QED) is 0.892. The zero-order valence-electron chi connectivity index (χ0n) is 11.2. The van der Waals surface area contributed by atoms with Crippen molar-refractivity contribution >= 4 is 0 Å². The zero-order chi connectivity index (χ0) is 13.1. The van der Waals surface area contributed by atoms with Crippen molar-refractivity contribution in [3.63, 3.8) is 0 Å². The Morgan fingerprint density at radius 2 is 1.94 bits per heavy atom. The molecule has 0 fully saturated rings. The van der Waals surface area contributed by atoms with Crippen LogP contribution in [0.3, 0.4) is 0 Å². The van der Waals surface area contributed by atoms with Crippen LogP contribution < -0.4 is 5.73 Å². The lowest BCUT2D eigenvalue weighted by atomic mass is 10.1. The van der Waals surface area contributed by atoms with Gasteiger partial charge in [0.05, 0.1) is 12.2 Å². The molecule has 2 aromatic rings. The highest BCUT2D eigenvalue weighted by Gasteiger charge is 2.12. The predicted octanol–water partition coefficient (Wildman–Crippen LogP) is 1.83. The Labute approximate surface area is 108 Å². The molecule has 96 valence electrons. The minimum absolute atomic E-state index is 0.168. The fraction of sp³-hybridized carbons (Fsp3) is 0.429. The maximum atomic E-state index is 5.88. The third-order valence-electron chi connectivity index (χ3n) is 3.14. The molecule has 0 amide bonds. The maximum absolute atomic E-state index is 5.88. The summed E-state index contributed by atoms with van der Waals surface area (Å²) in [7, 11) is 0. The van der Waals surface area contributed by atoms with Gasteiger partial charge in [-0.1, -0.05) is 0 Å². The van der Waals surface area contributed by atoms with Gasteiger partial charge < -0.3 is 5.73 Å². The Morgan fingerprint density at radius 3 is 2.56 bits per heavy atom. The standard InChI is InChI=1S/C14H20N4/c1-10(15)8-14-11(2)17-18(12(14)3)9-13-4-6-16-7-5-13/h4-7,10H,8-9,15H2,1-3H3. The molecule has 0 spiro atoms. The van der Waals surface area contributed by atoms with Crippen molar-refractivity contribution in [3.05, 3.63) is 47.0 Å². The van der Waals surface area contributed by atoms with Crippen LogP contribution in [0, 0.1) is 13.8 Å².